The van der Waals surface area contributed by atoms with Crippen LogP contribution in [0.15, 0.2) is 0 Å². The van der Waals surface area contributed by atoms with Crippen LogP contribution in [0.3, 0.4) is 0 Å². The monoisotopic (exact) mass is 256 g/mol. The second kappa shape index (κ2) is 6.02. The van der Waals surface area contributed by atoms with Crippen LogP contribution in [0, 0.1) is 5.92 Å². The smallest absolute Gasteiger partial charge is 0.241 e. The Morgan fingerprint density at radius 3 is 2.50 bits per heavy atom. The number of carbonyl (C=O) groups excluding carboxylic acids is 1. The Morgan fingerprint density at radius 1 is 1.44 bits per heavy atom. The average molecular weight is 256 g/mol. The molecule has 1 aliphatic heterocycles. The Kier molecular flexibility index (Phi) is 5.17. The third-order valence-corrected chi connectivity index (χ3v) is 3.60. The standard InChI is InChI=1S/C14H28N2O2/c1-7-8-11-13(17)16(9-14(4,5)18-6)12(15-11)10(2)3/h10-12,15H,7-9H2,1-6H3. The lowest BCUT2D eigenvalue weighted by Crippen LogP contribution is -2.48. The van der Waals surface area contributed by atoms with Crippen LogP contribution >= 0.6 is 0 Å². The first-order chi connectivity index (χ1) is 8.32. The largest absolute Gasteiger partial charge is 0.377 e. The molecule has 4 heteroatoms. The van der Waals surface area contributed by atoms with Gasteiger partial charge in [-0.25, -0.2) is 0 Å². The zero-order valence-corrected chi connectivity index (χ0v) is 12.6. The van der Waals surface area contributed by atoms with E-state index in [0.717, 1.165) is 12.8 Å². The molecule has 0 aliphatic carbocycles. The Morgan fingerprint density at radius 2 is 2.06 bits per heavy atom. The minimum Gasteiger partial charge on any atom is -0.377 e. The van der Waals surface area contributed by atoms with Gasteiger partial charge >= 0.3 is 0 Å². The molecule has 0 aromatic heterocycles. The molecule has 18 heavy (non-hydrogen) atoms. The highest BCUT2D eigenvalue weighted by atomic mass is 16.5. The highest BCUT2D eigenvalue weighted by Crippen LogP contribution is 2.23. The van der Waals surface area contributed by atoms with E-state index in [1.165, 1.54) is 0 Å². The summed E-state index contributed by atoms with van der Waals surface area (Å²) in [5.74, 6) is 0.629. The molecule has 0 aromatic rings. The lowest BCUT2D eigenvalue weighted by atomic mass is 10.1. The Labute approximate surface area is 111 Å². The van der Waals surface area contributed by atoms with Gasteiger partial charge in [-0.3, -0.25) is 10.1 Å². The number of nitrogens with one attached hydrogen (secondary N) is 1. The number of nitrogens with zero attached hydrogens (tertiary/aromatic N) is 1. The topological polar surface area (TPSA) is 41.6 Å². The molecule has 0 radical (unpaired) electrons. The van der Waals surface area contributed by atoms with Crippen LogP contribution in [0.4, 0.5) is 0 Å². The Hall–Kier alpha value is -0.610. The maximum atomic E-state index is 12.4. The van der Waals surface area contributed by atoms with Crippen molar-refractivity contribution in [3.05, 3.63) is 0 Å². The highest BCUT2D eigenvalue weighted by Gasteiger charge is 2.41. The van der Waals surface area contributed by atoms with Gasteiger partial charge in [0.25, 0.3) is 0 Å². The summed E-state index contributed by atoms with van der Waals surface area (Å²) in [6.07, 6.45) is 2.06. The first-order valence-corrected chi connectivity index (χ1v) is 6.94. The zero-order valence-electron chi connectivity index (χ0n) is 12.6. The van der Waals surface area contributed by atoms with Crippen molar-refractivity contribution in [2.75, 3.05) is 13.7 Å². The van der Waals surface area contributed by atoms with Crippen LogP contribution in [0.5, 0.6) is 0 Å². The van der Waals surface area contributed by atoms with Crippen molar-refractivity contribution in [2.45, 2.75) is 65.3 Å². The molecule has 1 fully saturated rings. The molecule has 0 bridgehead atoms. The van der Waals surface area contributed by atoms with Gasteiger partial charge in [-0.1, -0.05) is 27.2 Å². The van der Waals surface area contributed by atoms with Gasteiger partial charge in [-0.05, 0) is 26.2 Å². The summed E-state index contributed by atoms with van der Waals surface area (Å²) < 4.78 is 5.45. The van der Waals surface area contributed by atoms with E-state index in [0.29, 0.717) is 12.5 Å². The molecule has 1 rings (SSSR count). The van der Waals surface area contributed by atoms with Gasteiger partial charge in [0.15, 0.2) is 0 Å². The van der Waals surface area contributed by atoms with Crippen molar-refractivity contribution in [3.8, 4) is 0 Å². The fourth-order valence-corrected chi connectivity index (χ4v) is 2.40. The molecule has 1 amide bonds. The number of rotatable bonds is 6. The van der Waals surface area contributed by atoms with Crippen LogP contribution in [0.2, 0.25) is 0 Å². The molecule has 0 aromatic carbocycles. The number of methoxy groups -OCH3 is 1. The van der Waals surface area contributed by atoms with E-state index >= 15 is 0 Å². The Balaban J connectivity index is 2.81. The first-order valence-electron chi connectivity index (χ1n) is 6.94. The quantitative estimate of drug-likeness (QED) is 0.790. The van der Waals surface area contributed by atoms with E-state index < -0.39 is 0 Å². The predicted octanol–water partition coefficient (Wildman–Crippen LogP) is 1.99. The second-order valence-electron chi connectivity index (χ2n) is 6.13. The lowest BCUT2D eigenvalue weighted by Gasteiger charge is -2.34. The van der Waals surface area contributed by atoms with Gasteiger partial charge in [0, 0.05) is 7.11 Å². The number of ether oxygens (including phenoxy) is 1. The summed E-state index contributed by atoms with van der Waals surface area (Å²) in [6.45, 7) is 11.1. The minimum atomic E-state index is -0.300. The van der Waals surface area contributed by atoms with Gasteiger partial charge in [0.2, 0.25) is 5.91 Å². The van der Waals surface area contributed by atoms with E-state index in [9.17, 15) is 4.79 Å². The van der Waals surface area contributed by atoms with Gasteiger partial charge in [0.1, 0.15) is 0 Å². The SMILES string of the molecule is CCCC1NC(C(C)C)N(CC(C)(C)OC)C1=O. The fraction of sp³-hybridized carbons (Fsp3) is 0.929. The van der Waals surface area contributed by atoms with Crippen molar-refractivity contribution in [3.63, 3.8) is 0 Å². The molecular weight excluding hydrogens is 228 g/mol. The van der Waals surface area contributed by atoms with Crippen molar-refractivity contribution in [1.29, 1.82) is 0 Å². The second-order valence-corrected chi connectivity index (χ2v) is 6.13. The molecular formula is C14H28N2O2. The molecule has 2 atom stereocenters. The van der Waals surface area contributed by atoms with E-state index in [2.05, 4.69) is 26.1 Å². The predicted molar refractivity (Wildman–Crippen MR) is 73.3 cm³/mol. The number of carbonyl (C=O) groups is 1. The first kappa shape index (κ1) is 15.4. The molecule has 0 saturated carbocycles. The van der Waals surface area contributed by atoms with Crippen LogP contribution in [0.25, 0.3) is 0 Å². The third-order valence-electron chi connectivity index (χ3n) is 3.60. The molecule has 106 valence electrons. The normalized spacial score (nSPS) is 25.3. The summed E-state index contributed by atoms with van der Waals surface area (Å²) in [5.41, 5.74) is -0.300. The molecule has 1 saturated heterocycles. The number of hydrogen-bond acceptors (Lipinski definition) is 3. The molecule has 2 unspecified atom stereocenters. The molecule has 4 nitrogen and oxygen atoms in total. The van der Waals surface area contributed by atoms with E-state index in [-0.39, 0.29) is 23.7 Å². The minimum absolute atomic E-state index is 0.0185. The number of hydrogen-bond donors (Lipinski definition) is 1. The number of amides is 1. The van der Waals surface area contributed by atoms with Gasteiger partial charge in [0.05, 0.1) is 24.4 Å². The Bertz CT molecular complexity index is 290. The van der Waals surface area contributed by atoms with E-state index in [4.69, 9.17) is 4.74 Å². The van der Waals surface area contributed by atoms with Crippen molar-refractivity contribution >= 4 is 5.91 Å². The summed E-state index contributed by atoms with van der Waals surface area (Å²) >= 11 is 0. The van der Waals surface area contributed by atoms with E-state index in [1.54, 1.807) is 7.11 Å². The van der Waals surface area contributed by atoms with Crippen molar-refractivity contribution < 1.29 is 9.53 Å². The van der Waals surface area contributed by atoms with Crippen LogP contribution in [-0.4, -0.2) is 42.3 Å². The molecule has 1 aliphatic rings. The summed E-state index contributed by atoms with van der Waals surface area (Å²) in [4.78, 5) is 14.4. The van der Waals surface area contributed by atoms with Gasteiger partial charge in [-0.2, -0.15) is 0 Å². The maximum absolute atomic E-state index is 12.4. The zero-order chi connectivity index (χ0) is 13.9. The van der Waals surface area contributed by atoms with Crippen LogP contribution < -0.4 is 5.32 Å². The fourth-order valence-electron chi connectivity index (χ4n) is 2.40. The summed E-state index contributed by atoms with van der Waals surface area (Å²) in [6, 6.07) is -0.0185. The van der Waals surface area contributed by atoms with Gasteiger partial charge < -0.3 is 9.64 Å². The maximum Gasteiger partial charge on any atom is 0.241 e. The highest BCUT2D eigenvalue weighted by molar-refractivity contribution is 5.84. The summed E-state index contributed by atoms with van der Waals surface area (Å²) in [5, 5.41) is 3.46. The van der Waals surface area contributed by atoms with Crippen molar-refractivity contribution in [2.24, 2.45) is 5.92 Å². The molecule has 0 spiro atoms. The molecule has 1 heterocycles. The third kappa shape index (κ3) is 3.45. The summed E-state index contributed by atoms with van der Waals surface area (Å²) in [7, 11) is 1.70. The average Bonchev–Trinajstić information content (AvgIpc) is 2.58. The lowest BCUT2D eigenvalue weighted by molar-refractivity contribution is -0.134. The van der Waals surface area contributed by atoms with Crippen LogP contribution in [-0.2, 0) is 9.53 Å². The van der Waals surface area contributed by atoms with Gasteiger partial charge in [-0.15, -0.1) is 0 Å². The molecule has 1 N–H and O–H groups in total. The van der Waals surface area contributed by atoms with Crippen molar-refractivity contribution in [1.82, 2.24) is 10.2 Å². The van der Waals surface area contributed by atoms with Crippen LogP contribution in [0.1, 0.15) is 47.5 Å². The van der Waals surface area contributed by atoms with E-state index in [1.807, 2.05) is 18.7 Å².